The highest BCUT2D eigenvalue weighted by Crippen LogP contribution is 2.24. The van der Waals surface area contributed by atoms with Gasteiger partial charge < -0.3 is 14.7 Å². The lowest BCUT2D eigenvalue weighted by Gasteiger charge is -2.37. The molecule has 1 aromatic heterocycles. The first kappa shape index (κ1) is 26.0. The van der Waals surface area contributed by atoms with Gasteiger partial charge in [-0.1, -0.05) is 24.3 Å². The van der Waals surface area contributed by atoms with Gasteiger partial charge in [0.15, 0.2) is 0 Å². The summed E-state index contributed by atoms with van der Waals surface area (Å²) in [6.07, 6.45) is 3.78. The number of aromatic nitrogens is 1. The fraction of sp³-hybridized carbons (Fsp3) is 0.276. The Morgan fingerprint density at radius 2 is 1.71 bits per heavy atom. The molecular formula is C29H32N4O4S. The maximum Gasteiger partial charge on any atom is 0.241 e. The normalized spacial score (nSPS) is 15.4. The fourth-order valence-corrected chi connectivity index (χ4v) is 6.42. The zero-order valence-corrected chi connectivity index (χ0v) is 22.1. The molecule has 1 saturated heterocycles. The Morgan fingerprint density at radius 3 is 2.42 bits per heavy atom. The quantitative estimate of drug-likeness (QED) is 0.340. The molecule has 1 aliphatic rings. The SMILES string of the molecule is COc1ccc(N2CCN(CC(Cc3ccc(O)cc3)NS(=O)(=O)c3cccc4cnccc34)CC2)cc1. The first-order chi connectivity index (χ1) is 18.4. The van der Waals surface area contributed by atoms with E-state index in [1.54, 1.807) is 49.8 Å². The molecule has 0 amide bonds. The number of fused-ring (bicyclic) bond motifs is 1. The molecule has 0 saturated carbocycles. The predicted octanol–water partition coefficient (Wildman–Crippen LogP) is 3.66. The number of phenolic OH excluding ortho intramolecular Hbond substituents is 1. The summed E-state index contributed by atoms with van der Waals surface area (Å²) >= 11 is 0. The van der Waals surface area contributed by atoms with Crippen molar-refractivity contribution in [2.24, 2.45) is 0 Å². The third-order valence-corrected chi connectivity index (χ3v) is 8.54. The van der Waals surface area contributed by atoms with Gasteiger partial charge in [-0.15, -0.1) is 0 Å². The molecule has 1 atom stereocenters. The average Bonchev–Trinajstić information content (AvgIpc) is 2.94. The van der Waals surface area contributed by atoms with E-state index < -0.39 is 10.0 Å². The van der Waals surface area contributed by atoms with Crippen molar-refractivity contribution in [3.63, 3.8) is 0 Å². The van der Waals surface area contributed by atoms with Crippen molar-refractivity contribution in [2.75, 3.05) is 44.7 Å². The van der Waals surface area contributed by atoms with Crippen LogP contribution in [0.25, 0.3) is 10.8 Å². The fourth-order valence-electron chi connectivity index (χ4n) is 4.96. The maximum absolute atomic E-state index is 13.6. The number of pyridine rings is 1. The number of ether oxygens (including phenoxy) is 1. The Balaban J connectivity index is 1.32. The van der Waals surface area contributed by atoms with E-state index in [4.69, 9.17) is 4.74 Å². The van der Waals surface area contributed by atoms with E-state index in [-0.39, 0.29) is 16.7 Å². The number of piperazine rings is 1. The van der Waals surface area contributed by atoms with E-state index >= 15 is 0 Å². The first-order valence-corrected chi connectivity index (χ1v) is 14.1. The summed E-state index contributed by atoms with van der Waals surface area (Å²) in [5, 5.41) is 11.1. The summed E-state index contributed by atoms with van der Waals surface area (Å²) in [6, 6.07) is 21.6. The molecule has 0 radical (unpaired) electrons. The van der Waals surface area contributed by atoms with Crippen LogP contribution in [0.3, 0.4) is 0 Å². The molecule has 38 heavy (non-hydrogen) atoms. The van der Waals surface area contributed by atoms with Crippen molar-refractivity contribution in [1.82, 2.24) is 14.6 Å². The second-order valence-corrected chi connectivity index (χ2v) is 11.2. The largest absolute Gasteiger partial charge is 0.508 e. The van der Waals surface area contributed by atoms with Gasteiger partial charge in [-0.05, 0) is 60.5 Å². The topological polar surface area (TPSA) is 95.0 Å². The molecule has 5 rings (SSSR count). The zero-order chi connectivity index (χ0) is 26.5. The lowest BCUT2D eigenvalue weighted by atomic mass is 10.1. The molecule has 0 bridgehead atoms. The third-order valence-electron chi connectivity index (χ3n) is 6.96. The van der Waals surface area contributed by atoms with Gasteiger partial charge in [-0.2, -0.15) is 0 Å². The number of benzene rings is 3. The Morgan fingerprint density at radius 1 is 0.974 bits per heavy atom. The first-order valence-electron chi connectivity index (χ1n) is 12.7. The smallest absolute Gasteiger partial charge is 0.241 e. The number of phenols is 1. The molecule has 3 aromatic carbocycles. The van der Waals surface area contributed by atoms with Crippen LogP contribution in [-0.2, 0) is 16.4 Å². The summed E-state index contributed by atoms with van der Waals surface area (Å²) in [5.41, 5.74) is 2.10. The number of hydrogen-bond acceptors (Lipinski definition) is 7. The van der Waals surface area contributed by atoms with Gasteiger partial charge in [0.2, 0.25) is 10.0 Å². The van der Waals surface area contributed by atoms with E-state index in [0.717, 1.165) is 48.6 Å². The van der Waals surface area contributed by atoms with Crippen LogP contribution in [0.4, 0.5) is 5.69 Å². The Labute approximate surface area is 223 Å². The molecule has 0 spiro atoms. The number of aromatic hydroxyl groups is 1. The number of nitrogens with one attached hydrogen (secondary N) is 1. The minimum atomic E-state index is -3.80. The number of hydrogen-bond donors (Lipinski definition) is 2. The maximum atomic E-state index is 13.6. The van der Waals surface area contributed by atoms with E-state index in [1.807, 2.05) is 30.3 Å². The van der Waals surface area contributed by atoms with Crippen LogP contribution < -0.4 is 14.4 Å². The van der Waals surface area contributed by atoms with Crippen LogP contribution in [-0.4, -0.2) is 69.3 Å². The van der Waals surface area contributed by atoms with Crippen LogP contribution >= 0.6 is 0 Å². The highest BCUT2D eigenvalue weighted by molar-refractivity contribution is 7.89. The Hall–Kier alpha value is -3.66. The minimum absolute atomic E-state index is 0.185. The van der Waals surface area contributed by atoms with Gasteiger partial charge in [-0.25, -0.2) is 13.1 Å². The number of methoxy groups -OCH3 is 1. The van der Waals surface area contributed by atoms with Gasteiger partial charge in [-0.3, -0.25) is 9.88 Å². The molecule has 1 unspecified atom stereocenters. The molecule has 1 fully saturated rings. The Kier molecular flexibility index (Phi) is 7.78. The van der Waals surface area contributed by atoms with E-state index in [9.17, 15) is 13.5 Å². The minimum Gasteiger partial charge on any atom is -0.508 e. The number of nitrogens with zero attached hydrogens (tertiary/aromatic N) is 3. The monoisotopic (exact) mass is 532 g/mol. The van der Waals surface area contributed by atoms with E-state index in [0.29, 0.717) is 18.4 Å². The molecule has 8 nitrogen and oxygen atoms in total. The summed E-state index contributed by atoms with van der Waals surface area (Å²) in [6.45, 7) is 3.91. The second-order valence-electron chi connectivity index (χ2n) is 9.53. The van der Waals surface area contributed by atoms with Crippen molar-refractivity contribution >= 4 is 26.5 Å². The number of rotatable bonds is 9. The molecule has 198 valence electrons. The van der Waals surface area contributed by atoms with Crippen molar-refractivity contribution < 1.29 is 18.3 Å². The van der Waals surface area contributed by atoms with Crippen LogP contribution in [0, 0.1) is 0 Å². The van der Waals surface area contributed by atoms with E-state index in [1.165, 1.54) is 0 Å². The molecule has 4 aromatic rings. The molecule has 2 N–H and O–H groups in total. The van der Waals surface area contributed by atoms with Gasteiger partial charge in [0.25, 0.3) is 0 Å². The lowest BCUT2D eigenvalue weighted by molar-refractivity contribution is 0.236. The molecule has 1 aliphatic heterocycles. The molecule has 2 heterocycles. The van der Waals surface area contributed by atoms with Crippen molar-refractivity contribution in [3.8, 4) is 11.5 Å². The predicted molar refractivity (Wildman–Crippen MR) is 149 cm³/mol. The number of sulfonamides is 1. The van der Waals surface area contributed by atoms with Crippen LogP contribution in [0.5, 0.6) is 11.5 Å². The Bertz CT molecular complexity index is 1460. The summed E-state index contributed by atoms with van der Waals surface area (Å²) < 4.78 is 35.5. The van der Waals surface area contributed by atoms with Gasteiger partial charge in [0.1, 0.15) is 11.5 Å². The van der Waals surface area contributed by atoms with Crippen molar-refractivity contribution in [1.29, 1.82) is 0 Å². The van der Waals surface area contributed by atoms with Gasteiger partial charge in [0, 0.05) is 67.6 Å². The van der Waals surface area contributed by atoms with Crippen molar-refractivity contribution in [2.45, 2.75) is 17.4 Å². The van der Waals surface area contributed by atoms with Gasteiger partial charge >= 0.3 is 0 Å². The standard InChI is InChI=1S/C29H32N4O4S/c1-37-27-11-7-25(8-12-27)33-17-15-32(16-18-33)21-24(19-22-5-9-26(34)10-6-22)31-38(35,36)29-4-2-3-23-20-30-14-13-28(23)29/h2-14,20,24,31,34H,15-19,21H2,1H3. The highest BCUT2D eigenvalue weighted by atomic mass is 32.2. The lowest BCUT2D eigenvalue weighted by Crippen LogP contribution is -2.52. The zero-order valence-electron chi connectivity index (χ0n) is 21.3. The van der Waals surface area contributed by atoms with Crippen LogP contribution in [0.15, 0.2) is 90.1 Å². The van der Waals surface area contributed by atoms with Crippen LogP contribution in [0.2, 0.25) is 0 Å². The highest BCUT2D eigenvalue weighted by Gasteiger charge is 2.26. The summed E-state index contributed by atoms with van der Waals surface area (Å²) in [5.74, 6) is 1.02. The van der Waals surface area contributed by atoms with Gasteiger partial charge in [0.05, 0.1) is 12.0 Å². The van der Waals surface area contributed by atoms with E-state index in [2.05, 4.69) is 31.6 Å². The summed E-state index contributed by atoms with van der Waals surface area (Å²) in [4.78, 5) is 9.01. The van der Waals surface area contributed by atoms with Crippen molar-refractivity contribution in [3.05, 3.63) is 90.8 Å². The second kappa shape index (κ2) is 11.4. The number of anilines is 1. The molecular weight excluding hydrogens is 500 g/mol. The third kappa shape index (κ3) is 6.07. The molecule has 9 heteroatoms. The average molecular weight is 533 g/mol. The van der Waals surface area contributed by atoms with Crippen LogP contribution in [0.1, 0.15) is 5.56 Å². The summed E-state index contributed by atoms with van der Waals surface area (Å²) in [7, 11) is -2.14. The molecule has 0 aliphatic carbocycles.